The minimum Gasteiger partial charge on any atom is -0.484 e. The van der Waals surface area contributed by atoms with Crippen LogP contribution in [0.1, 0.15) is 22.8 Å². The molecule has 6 heteroatoms. The molecular weight excluding hydrogens is 413 g/mol. The highest BCUT2D eigenvalue weighted by Crippen LogP contribution is 2.32. The van der Waals surface area contributed by atoms with Gasteiger partial charge in [-0.2, -0.15) is 13.2 Å². The Labute approximate surface area is 187 Å². The summed E-state index contributed by atoms with van der Waals surface area (Å²) in [6, 6.07) is 23.7. The Balaban J connectivity index is 1.42. The van der Waals surface area contributed by atoms with Gasteiger partial charge in [-0.15, -0.1) is 0 Å². The van der Waals surface area contributed by atoms with Crippen LogP contribution in [0.5, 0.6) is 5.75 Å². The number of aryl methyl sites for hydroxylation is 1. The fourth-order valence-electron chi connectivity index (χ4n) is 3.96. The van der Waals surface area contributed by atoms with E-state index in [4.69, 9.17) is 4.74 Å². The molecule has 168 valence electrons. The summed E-state index contributed by atoms with van der Waals surface area (Å²) < 4.78 is 45.5. The fraction of sp³-hybridized carbons (Fsp3) is 0.308. The summed E-state index contributed by atoms with van der Waals surface area (Å²) in [4.78, 5) is 4.33. The Bertz CT molecular complexity index is 998. The van der Waals surface area contributed by atoms with Crippen LogP contribution in [0.4, 0.5) is 18.9 Å². The van der Waals surface area contributed by atoms with Crippen LogP contribution in [0.3, 0.4) is 0 Å². The average molecular weight is 441 g/mol. The Kier molecular flexibility index (Phi) is 6.70. The van der Waals surface area contributed by atoms with Crippen molar-refractivity contribution < 1.29 is 17.9 Å². The van der Waals surface area contributed by atoms with Crippen molar-refractivity contribution in [2.75, 3.05) is 37.6 Å². The highest BCUT2D eigenvalue weighted by molar-refractivity contribution is 5.49. The SMILES string of the molecule is Cc1ccc(OC(CN2CCN(c3cccc(C(F)(F)F)c3)CC2)c2ccccc2)cc1. The van der Waals surface area contributed by atoms with Crippen LogP contribution in [0.2, 0.25) is 0 Å². The average Bonchev–Trinajstić information content (AvgIpc) is 2.81. The number of rotatable bonds is 6. The van der Waals surface area contributed by atoms with Crippen molar-refractivity contribution in [1.82, 2.24) is 4.90 Å². The van der Waals surface area contributed by atoms with E-state index in [2.05, 4.69) is 17.0 Å². The van der Waals surface area contributed by atoms with Crippen LogP contribution in [-0.4, -0.2) is 37.6 Å². The summed E-state index contributed by atoms with van der Waals surface area (Å²) in [5, 5.41) is 0. The fourth-order valence-corrected chi connectivity index (χ4v) is 3.96. The topological polar surface area (TPSA) is 15.7 Å². The van der Waals surface area contributed by atoms with Crippen molar-refractivity contribution in [1.29, 1.82) is 0 Å². The standard InChI is InChI=1S/C26H27F3N2O/c1-20-10-12-24(13-11-20)32-25(21-6-3-2-4-7-21)19-30-14-16-31(17-15-30)23-9-5-8-22(18-23)26(27,28)29/h2-13,18,25H,14-17,19H2,1H3. The van der Waals surface area contributed by atoms with Gasteiger partial charge in [0.15, 0.2) is 0 Å². The van der Waals surface area contributed by atoms with Crippen molar-refractivity contribution in [3.8, 4) is 5.75 Å². The van der Waals surface area contributed by atoms with Gasteiger partial charge >= 0.3 is 6.18 Å². The molecule has 3 aromatic carbocycles. The van der Waals surface area contributed by atoms with Gasteiger partial charge in [0.25, 0.3) is 0 Å². The Hall–Kier alpha value is -2.99. The van der Waals surface area contributed by atoms with Gasteiger partial charge in [-0.25, -0.2) is 0 Å². The molecule has 1 unspecified atom stereocenters. The maximum Gasteiger partial charge on any atom is 0.416 e. The van der Waals surface area contributed by atoms with Crippen molar-refractivity contribution >= 4 is 5.69 Å². The first kappa shape index (κ1) is 22.2. The van der Waals surface area contributed by atoms with Gasteiger partial charge in [0.05, 0.1) is 5.56 Å². The lowest BCUT2D eigenvalue weighted by atomic mass is 10.1. The minimum absolute atomic E-state index is 0.126. The lowest BCUT2D eigenvalue weighted by molar-refractivity contribution is -0.137. The van der Waals surface area contributed by atoms with Gasteiger partial charge in [0.1, 0.15) is 11.9 Å². The first-order valence-electron chi connectivity index (χ1n) is 10.8. The van der Waals surface area contributed by atoms with Crippen LogP contribution < -0.4 is 9.64 Å². The van der Waals surface area contributed by atoms with Crippen LogP contribution in [0.15, 0.2) is 78.9 Å². The molecular formula is C26H27F3N2O. The summed E-state index contributed by atoms with van der Waals surface area (Å²) in [6.45, 7) is 5.63. The molecule has 1 aliphatic heterocycles. The van der Waals surface area contributed by atoms with Gasteiger partial charge in [-0.05, 0) is 42.8 Å². The smallest absolute Gasteiger partial charge is 0.416 e. The first-order chi connectivity index (χ1) is 15.4. The quantitative estimate of drug-likeness (QED) is 0.471. The summed E-state index contributed by atoms with van der Waals surface area (Å²) in [7, 11) is 0. The molecule has 0 radical (unpaired) electrons. The number of hydrogen-bond acceptors (Lipinski definition) is 3. The third kappa shape index (κ3) is 5.62. The Morgan fingerprint density at radius 3 is 2.19 bits per heavy atom. The summed E-state index contributed by atoms with van der Waals surface area (Å²) in [5.41, 5.74) is 2.30. The molecule has 1 aliphatic rings. The highest BCUT2D eigenvalue weighted by atomic mass is 19.4. The summed E-state index contributed by atoms with van der Waals surface area (Å²) >= 11 is 0. The molecule has 1 atom stereocenters. The molecule has 3 nitrogen and oxygen atoms in total. The van der Waals surface area contributed by atoms with E-state index in [1.807, 2.05) is 54.3 Å². The molecule has 0 amide bonds. The van der Waals surface area contributed by atoms with Gasteiger partial charge in [-0.1, -0.05) is 54.1 Å². The Morgan fingerprint density at radius 2 is 1.53 bits per heavy atom. The van der Waals surface area contributed by atoms with Crippen LogP contribution in [0.25, 0.3) is 0 Å². The van der Waals surface area contributed by atoms with Crippen molar-refractivity contribution in [2.24, 2.45) is 0 Å². The lowest BCUT2D eigenvalue weighted by Crippen LogP contribution is -2.48. The lowest BCUT2D eigenvalue weighted by Gasteiger charge is -2.37. The number of halogens is 3. The molecule has 32 heavy (non-hydrogen) atoms. The predicted molar refractivity (Wildman–Crippen MR) is 121 cm³/mol. The molecule has 1 fully saturated rings. The van der Waals surface area contributed by atoms with Gasteiger partial charge < -0.3 is 9.64 Å². The number of nitrogens with zero attached hydrogens (tertiary/aromatic N) is 2. The van der Waals surface area contributed by atoms with Crippen LogP contribution in [0, 0.1) is 6.92 Å². The van der Waals surface area contributed by atoms with E-state index in [1.54, 1.807) is 6.07 Å². The van der Waals surface area contributed by atoms with Crippen LogP contribution in [-0.2, 0) is 6.18 Å². The molecule has 0 aromatic heterocycles. The monoisotopic (exact) mass is 440 g/mol. The second-order valence-electron chi connectivity index (χ2n) is 8.17. The van der Waals surface area contributed by atoms with E-state index in [0.717, 1.165) is 30.5 Å². The van der Waals surface area contributed by atoms with Crippen LogP contribution >= 0.6 is 0 Å². The van der Waals surface area contributed by atoms with E-state index < -0.39 is 11.7 Å². The Morgan fingerprint density at radius 1 is 0.844 bits per heavy atom. The number of hydrogen-bond donors (Lipinski definition) is 0. The molecule has 4 rings (SSSR count). The second-order valence-corrected chi connectivity index (χ2v) is 8.17. The van der Waals surface area contributed by atoms with Crippen molar-refractivity contribution in [3.63, 3.8) is 0 Å². The van der Waals surface area contributed by atoms with Gasteiger partial charge in [0, 0.05) is 38.4 Å². The largest absolute Gasteiger partial charge is 0.484 e. The minimum atomic E-state index is -4.33. The molecule has 0 N–H and O–H groups in total. The first-order valence-corrected chi connectivity index (χ1v) is 10.8. The van der Waals surface area contributed by atoms with E-state index >= 15 is 0 Å². The number of benzene rings is 3. The van der Waals surface area contributed by atoms with Gasteiger partial charge in [0.2, 0.25) is 0 Å². The zero-order valence-corrected chi connectivity index (χ0v) is 18.1. The number of piperazine rings is 1. The van der Waals surface area contributed by atoms with Crippen molar-refractivity contribution in [3.05, 3.63) is 95.6 Å². The van der Waals surface area contributed by atoms with E-state index in [-0.39, 0.29) is 6.10 Å². The molecule has 1 heterocycles. The van der Waals surface area contributed by atoms with E-state index in [1.165, 1.54) is 17.7 Å². The summed E-state index contributed by atoms with van der Waals surface area (Å²) in [6.07, 6.45) is -4.45. The maximum absolute atomic E-state index is 13.1. The maximum atomic E-state index is 13.1. The highest BCUT2D eigenvalue weighted by Gasteiger charge is 2.31. The number of anilines is 1. The predicted octanol–water partition coefficient (Wildman–Crippen LogP) is 5.96. The molecule has 0 bridgehead atoms. The third-order valence-electron chi connectivity index (χ3n) is 5.81. The molecule has 1 saturated heterocycles. The normalized spacial score (nSPS) is 16.1. The van der Waals surface area contributed by atoms with Gasteiger partial charge in [-0.3, -0.25) is 4.90 Å². The third-order valence-corrected chi connectivity index (χ3v) is 5.81. The molecule has 0 aliphatic carbocycles. The summed E-state index contributed by atoms with van der Waals surface area (Å²) in [5.74, 6) is 0.826. The van der Waals surface area contributed by atoms with E-state index in [0.29, 0.717) is 25.3 Å². The van der Waals surface area contributed by atoms with E-state index in [9.17, 15) is 13.2 Å². The zero-order valence-electron chi connectivity index (χ0n) is 18.1. The second kappa shape index (κ2) is 9.65. The molecule has 0 saturated carbocycles. The molecule has 3 aromatic rings. The number of ether oxygens (including phenoxy) is 1. The molecule has 0 spiro atoms. The zero-order chi connectivity index (χ0) is 22.6. The number of alkyl halides is 3. The van der Waals surface area contributed by atoms with Crippen molar-refractivity contribution in [2.45, 2.75) is 19.2 Å².